The number of aromatic nitrogens is 2. The normalized spacial score (nSPS) is 23.1. The molecule has 1 spiro atoms. The van der Waals surface area contributed by atoms with Crippen LogP contribution in [0, 0.1) is 11.3 Å². The lowest BCUT2D eigenvalue weighted by Gasteiger charge is -2.47. The smallest absolute Gasteiger partial charge is 0.253 e. The number of nitriles is 1. The molecule has 6 rings (SSSR count). The molecule has 1 aliphatic carbocycles. The maximum absolute atomic E-state index is 12.6. The van der Waals surface area contributed by atoms with Gasteiger partial charge >= 0.3 is 0 Å². The van der Waals surface area contributed by atoms with Crippen LogP contribution in [0.1, 0.15) is 50.5 Å². The third-order valence-electron chi connectivity index (χ3n) is 8.53. The van der Waals surface area contributed by atoms with E-state index in [0.717, 1.165) is 63.6 Å². The number of amides is 1. The number of rotatable bonds is 5. The standard InChI is InChI=1S/C28H34N6O3/c29-15-21-14-24(17-30-16-21)34-20-28(36-19-27(34)35)8-12-33(13-9-28)23-4-5-26(31-18-23)37-25-6-10-32(11-7-25)22-2-1-3-22/h4-5,14,16-18,22,25H,1-3,6-13,19-20H2. The van der Waals surface area contributed by atoms with Crippen molar-refractivity contribution in [1.29, 1.82) is 5.26 Å². The minimum atomic E-state index is -0.391. The van der Waals surface area contributed by atoms with Gasteiger partial charge in [-0.15, -0.1) is 0 Å². The summed E-state index contributed by atoms with van der Waals surface area (Å²) in [7, 11) is 0. The predicted octanol–water partition coefficient (Wildman–Crippen LogP) is 3.15. The van der Waals surface area contributed by atoms with Crippen LogP contribution in [0.15, 0.2) is 36.8 Å². The van der Waals surface area contributed by atoms with Gasteiger partial charge < -0.3 is 24.2 Å². The van der Waals surface area contributed by atoms with Crippen molar-refractivity contribution < 1.29 is 14.3 Å². The summed E-state index contributed by atoms with van der Waals surface area (Å²) < 4.78 is 12.3. The number of anilines is 2. The first-order valence-electron chi connectivity index (χ1n) is 13.5. The van der Waals surface area contributed by atoms with Gasteiger partial charge in [0.05, 0.1) is 41.5 Å². The highest BCUT2D eigenvalue weighted by atomic mass is 16.5. The fraction of sp³-hybridized carbons (Fsp3) is 0.571. The molecule has 2 aromatic rings. The Labute approximate surface area is 218 Å². The van der Waals surface area contributed by atoms with Gasteiger partial charge in [-0.3, -0.25) is 9.78 Å². The number of pyridine rings is 2. The zero-order valence-corrected chi connectivity index (χ0v) is 21.2. The summed E-state index contributed by atoms with van der Waals surface area (Å²) in [4.78, 5) is 28.0. The lowest BCUT2D eigenvalue weighted by molar-refractivity contribution is -0.141. The monoisotopic (exact) mass is 502 g/mol. The van der Waals surface area contributed by atoms with Gasteiger partial charge in [0.1, 0.15) is 18.8 Å². The Hall–Kier alpha value is -3.22. The maximum Gasteiger partial charge on any atom is 0.253 e. The van der Waals surface area contributed by atoms with Gasteiger partial charge in [-0.2, -0.15) is 5.26 Å². The number of carbonyl (C=O) groups is 1. The lowest BCUT2D eigenvalue weighted by Crippen LogP contribution is -2.59. The molecule has 9 nitrogen and oxygen atoms in total. The largest absolute Gasteiger partial charge is 0.474 e. The highest BCUT2D eigenvalue weighted by Crippen LogP contribution is 2.35. The van der Waals surface area contributed by atoms with E-state index in [4.69, 9.17) is 9.47 Å². The number of hydrogen-bond acceptors (Lipinski definition) is 8. The Kier molecular flexibility index (Phi) is 6.70. The molecule has 2 aromatic heterocycles. The van der Waals surface area contributed by atoms with E-state index in [1.165, 1.54) is 25.5 Å². The van der Waals surface area contributed by atoms with E-state index in [9.17, 15) is 10.1 Å². The molecular formula is C28H34N6O3. The molecule has 0 atom stereocenters. The van der Waals surface area contributed by atoms with Gasteiger partial charge in [0.15, 0.2) is 0 Å². The van der Waals surface area contributed by atoms with Crippen molar-refractivity contribution in [3.63, 3.8) is 0 Å². The van der Waals surface area contributed by atoms with Gasteiger partial charge in [-0.1, -0.05) is 6.42 Å². The molecule has 37 heavy (non-hydrogen) atoms. The van der Waals surface area contributed by atoms with E-state index in [-0.39, 0.29) is 18.6 Å². The van der Waals surface area contributed by atoms with Crippen LogP contribution in [-0.4, -0.2) is 77.9 Å². The second-order valence-electron chi connectivity index (χ2n) is 10.8. The van der Waals surface area contributed by atoms with Crippen LogP contribution in [0.2, 0.25) is 0 Å². The molecule has 9 heteroatoms. The first-order valence-corrected chi connectivity index (χ1v) is 13.5. The SMILES string of the molecule is N#Cc1cncc(N2CC3(CCN(c4ccc(OC5CCN(C6CCC6)CC5)nc4)CC3)OCC2=O)c1. The molecule has 0 unspecified atom stereocenters. The molecule has 1 saturated carbocycles. The van der Waals surface area contributed by atoms with Crippen LogP contribution >= 0.6 is 0 Å². The third-order valence-corrected chi connectivity index (χ3v) is 8.53. The highest BCUT2D eigenvalue weighted by molar-refractivity contribution is 5.95. The van der Waals surface area contributed by atoms with Gasteiger partial charge in [0.2, 0.25) is 5.88 Å². The second kappa shape index (κ2) is 10.3. The number of hydrogen-bond donors (Lipinski definition) is 0. The number of morpholine rings is 1. The van der Waals surface area contributed by atoms with Crippen LogP contribution < -0.4 is 14.5 Å². The summed E-state index contributed by atoms with van der Waals surface area (Å²) in [6.07, 6.45) is 13.2. The number of nitrogens with zero attached hydrogens (tertiary/aromatic N) is 6. The average molecular weight is 503 g/mol. The minimum absolute atomic E-state index is 0.0456. The molecule has 4 fully saturated rings. The molecule has 3 saturated heterocycles. The van der Waals surface area contributed by atoms with Gasteiger partial charge in [0.25, 0.3) is 5.91 Å². The second-order valence-corrected chi connectivity index (χ2v) is 10.8. The van der Waals surface area contributed by atoms with Gasteiger partial charge in [-0.25, -0.2) is 4.98 Å². The van der Waals surface area contributed by atoms with E-state index in [1.54, 1.807) is 17.2 Å². The molecule has 3 aliphatic heterocycles. The Morgan fingerprint density at radius 3 is 2.51 bits per heavy atom. The number of ether oxygens (including phenoxy) is 2. The van der Waals surface area contributed by atoms with Crippen molar-refractivity contribution in [2.24, 2.45) is 0 Å². The van der Waals surface area contributed by atoms with Crippen molar-refractivity contribution in [2.45, 2.75) is 62.7 Å². The summed E-state index contributed by atoms with van der Waals surface area (Å²) in [5.41, 5.74) is 1.79. The summed E-state index contributed by atoms with van der Waals surface area (Å²) in [6, 6.07) is 8.72. The zero-order valence-electron chi connectivity index (χ0n) is 21.2. The average Bonchev–Trinajstić information content (AvgIpc) is 2.91. The van der Waals surface area contributed by atoms with Crippen LogP contribution in [0.5, 0.6) is 5.88 Å². The Balaban J connectivity index is 1.02. The van der Waals surface area contributed by atoms with E-state index >= 15 is 0 Å². The molecule has 0 bridgehead atoms. The Bertz CT molecular complexity index is 1150. The van der Waals surface area contributed by atoms with Crippen LogP contribution in [0.3, 0.4) is 0 Å². The number of piperidine rings is 2. The molecule has 1 amide bonds. The van der Waals surface area contributed by atoms with Crippen LogP contribution in [-0.2, 0) is 9.53 Å². The molecule has 194 valence electrons. The van der Waals surface area contributed by atoms with Crippen LogP contribution in [0.25, 0.3) is 0 Å². The molecule has 0 N–H and O–H groups in total. The minimum Gasteiger partial charge on any atom is -0.474 e. The summed E-state index contributed by atoms with van der Waals surface area (Å²) >= 11 is 0. The molecule has 0 aromatic carbocycles. The fourth-order valence-corrected chi connectivity index (χ4v) is 5.97. The number of carbonyl (C=O) groups excluding carboxylic acids is 1. The van der Waals surface area contributed by atoms with E-state index in [2.05, 4.69) is 31.9 Å². The lowest BCUT2D eigenvalue weighted by atomic mass is 9.89. The first-order chi connectivity index (χ1) is 18.1. The highest BCUT2D eigenvalue weighted by Gasteiger charge is 2.43. The van der Waals surface area contributed by atoms with Crippen molar-refractivity contribution >= 4 is 17.3 Å². The quantitative estimate of drug-likeness (QED) is 0.616. The van der Waals surface area contributed by atoms with Crippen molar-refractivity contribution in [1.82, 2.24) is 14.9 Å². The predicted molar refractivity (Wildman–Crippen MR) is 139 cm³/mol. The third kappa shape index (κ3) is 5.13. The van der Waals surface area contributed by atoms with E-state index < -0.39 is 5.60 Å². The summed E-state index contributed by atoms with van der Waals surface area (Å²) in [5, 5.41) is 9.20. The maximum atomic E-state index is 12.6. The van der Waals surface area contributed by atoms with E-state index in [1.807, 2.05) is 12.3 Å². The molecule has 4 aliphatic rings. The molecule has 0 radical (unpaired) electrons. The van der Waals surface area contributed by atoms with Gasteiger partial charge in [-0.05, 0) is 50.7 Å². The zero-order chi connectivity index (χ0) is 25.2. The molecule has 5 heterocycles. The van der Waals surface area contributed by atoms with Crippen LogP contribution in [0.4, 0.5) is 11.4 Å². The van der Waals surface area contributed by atoms with Crippen molar-refractivity contribution in [3.8, 4) is 11.9 Å². The van der Waals surface area contributed by atoms with Gasteiger partial charge in [0, 0.05) is 44.5 Å². The van der Waals surface area contributed by atoms with Crippen molar-refractivity contribution in [2.75, 3.05) is 49.1 Å². The fourth-order valence-electron chi connectivity index (χ4n) is 5.97. The molecular weight excluding hydrogens is 468 g/mol. The topological polar surface area (TPSA) is 94.8 Å². The summed E-state index contributed by atoms with van der Waals surface area (Å²) in [5.74, 6) is 0.607. The Morgan fingerprint density at radius 2 is 1.84 bits per heavy atom. The Morgan fingerprint density at radius 1 is 1.03 bits per heavy atom. The van der Waals surface area contributed by atoms with Crippen molar-refractivity contribution in [3.05, 3.63) is 42.4 Å². The number of likely N-dealkylation sites (tertiary alicyclic amines) is 1. The first kappa shape index (κ1) is 24.1. The van der Waals surface area contributed by atoms with E-state index in [0.29, 0.717) is 23.7 Å². The summed E-state index contributed by atoms with van der Waals surface area (Å²) in [6.45, 7) is 4.42.